The summed E-state index contributed by atoms with van der Waals surface area (Å²) in [6.45, 7) is 5.24. The van der Waals surface area contributed by atoms with E-state index >= 15 is 0 Å². The molecule has 0 radical (unpaired) electrons. The molecule has 0 fully saturated rings. The van der Waals surface area contributed by atoms with E-state index in [9.17, 15) is 24.7 Å². The molecule has 0 aliphatic carbocycles. The average molecular weight is 412 g/mol. The first-order valence-electron chi connectivity index (χ1n) is 10.1. The molecule has 160 valence electrons. The fourth-order valence-electron chi connectivity index (χ4n) is 3.32. The van der Waals surface area contributed by atoms with Crippen molar-refractivity contribution in [2.75, 3.05) is 0 Å². The molecule has 8 heteroatoms. The Morgan fingerprint density at radius 3 is 2.27 bits per heavy atom. The highest BCUT2D eigenvalue weighted by molar-refractivity contribution is 6.43. The van der Waals surface area contributed by atoms with Crippen molar-refractivity contribution < 1.29 is 24.7 Å². The smallest absolute Gasteiger partial charge is 0.427 e. The maximum Gasteiger partial charge on any atom is 0.455 e. The molecule has 0 aliphatic rings. The van der Waals surface area contributed by atoms with Crippen LogP contribution in [0.2, 0.25) is 5.82 Å². The Morgan fingerprint density at radius 1 is 1.03 bits per heavy atom. The molecule has 1 aromatic heterocycles. The molecule has 2 aromatic rings. The van der Waals surface area contributed by atoms with Crippen LogP contribution in [0.15, 0.2) is 48.5 Å². The lowest BCUT2D eigenvalue weighted by Crippen LogP contribution is -2.48. The number of benzene rings is 1. The number of ketones is 1. The number of carbonyl (C=O) groups is 2. The Labute approximate surface area is 177 Å². The zero-order chi connectivity index (χ0) is 22.3. The van der Waals surface area contributed by atoms with Gasteiger partial charge in [-0.15, -0.1) is 0 Å². The van der Waals surface area contributed by atoms with E-state index in [0.29, 0.717) is 12.1 Å². The third-order valence-corrected chi connectivity index (χ3v) is 4.83. The number of rotatable bonds is 10. The number of pyridine rings is 1. The minimum Gasteiger partial charge on any atom is -0.427 e. The summed E-state index contributed by atoms with van der Waals surface area (Å²) < 4.78 is 0. The van der Waals surface area contributed by atoms with Gasteiger partial charge in [-0.05, 0) is 31.4 Å². The zero-order valence-electron chi connectivity index (χ0n) is 17.5. The molecule has 0 unspecified atom stereocenters. The SMILES string of the molecule is CC(C)C[C@H](CC(=O)[C@@H](NC(=O)c1cccc(-c2ccccc2)n1)[C@@H](C)O)B(O)O. The van der Waals surface area contributed by atoms with Crippen molar-refractivity contribution in [2.24, 2.45) is 5.92 Å². The van der Waals surface area contributed by atoms with Crippen molar-refractivity contribution in [3.63, 3.8) is 0 Å². The summed E-state index contributed by atoms with van der Waals surface area (Å²) in [5.41, 5.74) is 1.59. The van der Waals surface area contributed by atoms with E-state index in [1.807, 2.05) is 44.2 Å². The largest absolute Gasteiger partial charge is 0.455 e. The second-order valence-electron chi connectivity index (χ2n) is 7.94. The number of carbonyl (C=O) groups excluding carboxylic acids is 2. The van der Waals surface area contributed by atoms with Crippen LogP contribution in [0, 0.1) is 5.92 Å². The van der Waals surface area contributed by atoms with Gasteiger partial charge >= 0.3 is 7.12 Å². The van der Waals surface area contributed by atoms with E-state index in [1.165, 1.54) is 13.0 Å². The lowest BCUT2D eigenvalue weighted by atomic mass is 9.66. The lowest BCUT2D eigenvalue weighted by Gasteiger charge is -2.23. The van der Waals surface area contributed by atoms with Gasteiger partial charge in [0.1, 0.15) is 11.7 Å². The standard InChI is InChI=1S/C22H29BN2O5/c1-14(2)12-17(23(29)30)13-20(27)21(15(3)26)25-22(28)19-11-7-10-18(24-19)16-8-5-4-6-9-16/h4-11,14-15,17,21,26,29-30H,12-13H2,1-3H3,(H,25,28)/t15-,17-,21+/m1/s1. The molecule has 0 spiro atoms. The van der Waals surface area contributed by atoms with Crippen molar-refractivity contribution in [1.29, 1.82) is 0 Å². The van der Waals surface area contributed by atoms with E-state index in [2.05, 4.69) is 10.3 Å². The Kier molecular flexibility index (Phi) is 8.71. The molecule has 7 nitrogen and oxygen atoms in total. The zero-order valence-corrected chi connectivity index (χ0v) is 17.5. The van der Waals surface area contributed by atoms with Crippen molar-refractivity contribution in [1.82, 2.24) is 10.3 Å². The van der Waals surface area contributed by atoms with Gasteiger partial charge in [-0.1, -0.05) is 50.2 Å². The predicted octanol–water partition coefficient (Wildman–Crippen LogP) is 2.08. The van der Waals surface area contributed by atoms with Gasteiger partial charge in [-0.2, -0.15) is 0 Å². The third kappa shape index (κ3) is 6.76. The maximum atomic E-state index is 12.7. The Hall–Kier alpha value is -2.55. The number of amides is 1. The fourth-order valence-corrected chi connectivity index (χ4v) is 3.32. The monoisotopic (exact) mass is 412 g/mol. The molecular formula is C22H29BN2O5. The van der Waals surface area contributed by atoms with E-state index in [4.69, 9.17) is 0 Å². The van der Waals surface area contributed by atoms with Gasteiger partial charge in [0.25, 0.3) is 5.91 Å². The topological polar surface area (TPSA) is 120 Å². The van der Waals surface area contributed by atoms with E-state index in [0.717, 1.165) is 5.56 Å². The van der Waals surface area contributed by atoms with Crippen LogP contribution in [0.1, 0.15) is 44.1 Å². The van der Waals surface area contributed by atoms with Crippen LogP contribution in [0.3, 0.4) is 0 Å². The van der Waals surface area contributed by atoms with E-state index < -0.39 is 36.8 Å². The summed E-state index contributed by atoms with van der Waals surface area (Å²) in [7, 11) is -1.65. The third-order valence-electron chi connectivity index (χ3n) is 4.83. The molecule has 0 bridgehead atoms. The molecular weight excluding hydrogens is 383 g/mol. The quantitative estimate of drug-likeness (QED) is 0.444. The highest BCUT2D eigenvalue weighted by Crippen LogP contribution is 2.24. The first kappa shape index (κ1) is 23.7. The van der Waals surface area contributed by atoms with Crippen LogP contribution < -0.4 is 5.32 Å². The maximum absolute atomic E-state index is 12.7. The number of hydrogen-bond donors (Lipinski definition) is 4. The second kappa shape index (κ2) is 11.0. The van der Waals surface area contributed by atoms with Gasteiger partial charge in [0.05, 0.1) is 11.8 Å². The molecule has 0 saturated carbocycles. The molecule has 3 atom stereocenters. The molecule has 4 N–H and O–H groups in total. The van der Waals surface area contributed by atoms with E-state index in [-0.39, 0.29) is 18.0 Å². The van der Waals surface area contributed by atoms with Gasteiger partial charge in [0.2, 0.25) is 0 Å². The molecule has 0 saturated heterocycles. The van der Waals surface area contributed by atoms with Gasteiger partial charge in [-0.3, -0.25) is 9.59 Å². The van der Waals surface area contributed by atoms with Crippen LogP contribution in [-0.2, 0) is 4.79 Å². The van der Waals surface area contributed by atoms with Crippen molar-refractivity contribution in [3.05, 3.63) is 54.2 Å². The first-order chi connectivity index (χ1) is 14.2. The van der Waals surface area contributed by atoms with Crippen molar-refractivity contribution in [2.45, 2.75) is 51.6 Å². The average Bonchev–Trinajstić information content (AvgIpc) is 2.71. The van der Waals surface area contributed by atoms with Crippen LogP contribution in [0.5, 0.6) is 0 Å². The molecule has 1 heterocycles. The van der Waals surface area contributed by atoms with Crippen LogP contribution in [0.25, 0.3) is 11.3 Å². The van der Waals surface area contributed by atoms with Crippen LogP contribution in [-0.4, -0.2) is 51.1 Å². The van der Waals surface area contributed by atoms with Crippen molar-refractivity contribution >= 4 is 18.8 Å². The summed E-state index contributed by atoms with van der Waals surface area (Å²) in [6.07, 6.45) is -0.873. The summed E-state index contributed by atoms with van der Waals surface area (Å²) >= 11 is 0. The summed E-state index contributed by atoms with van der Waals surface area (Å²) in [4.78, 5) is 29.8. The van der Waals surface area contributed by atoms with Gasteiger partial charge < -0.3 is 20.5 Å². The molecule has 1 amide bonds. The number of aromatic nitrogens is 1. The van der Waals surface area contributed by atoms with Crippen LogP contribution in [0.4, 0.5) is 0 Å². The Bertz CT molecular complexity index is 842. The highest BCUT2D eigenvalue weighted by atomic mass is 16.4. The lowest BCUT2D eigenvalue weighted by molar-refractivity contribution is -0.123. The fraction of sp³-hybridized carbons (Fsp3) is 0.409. The Morgan fingerprint density at radius 2 is 1.70 bits per heavy atom. The molecule has 1 aromatic carbocycles. The highest BCUT2D eigenvalue weighted by Gasteiger charge is 2.32. The molecule has 0 aliphatic heterocycles. The predicted molar refractivity (Wildman–Crippen MR) is 116 cm³/mol. The van der Waals surface area contributed by atoms with Crippen molar-refractivity contribution in [3.8, 4) is 11.3 Å². The Balaban J connectivity index is 2.14. The van der Waals surface area contributed by atoms with E-state index in [1.54, 1.807) is 12.1 Å². The number of Topliss-reactive ketones (excluding diaryl/α,β-unsaturated/α-hetero) is 1. The number of nitrogens with one attached hydrogen (secondary N) is 1. The van der Waals surface area contributed by atoms with Gasteiger partial charge in [0, 0.05) is 17.8 Å². The first-order valence-corrected chi connectivity index (χ1v) is 10.1. The second-order valence-corrected chi connectivity index (χ2v) is 7.94. The number of hydrogen-bond acceptors (Lipinski definition) is 6. The minimum absolute atomic E-state index is 0.121. The minimum atomic E-state index is -1.65. The van der Waals surface area contributed by atoms with Gasteiger partial charge in [-0.25, -0.2) is 4.98 Å². The number of aliphatic hydroxyl groups excluding tert-OH is 1. The number of aliphatic hydroxyl groups is 1. The summed E-state index contributed by atoms with van der Waals surface area (Å²) in [5, 5.41) is 31.8. The van der Waals surface area contributed by atoms with Gasteiger partial charge in [0.15, 0.2) is 5.78 Å². The summed E-state index contributed by atoms with van der Waals surface area (Å²) in [6, 6.07) is 13.2. The normalized spacial score (nSPS) is 14.1. The number of nitrogens with zero attached hydrogens (tertiary/aromatic N) is 1. The van der Waals surface area contributed by atoms with Crippen LogP contribution >= 0.6 is 0 Å². The molecule has 2 rings (SSSR count). The summed E-state index contributed by atoms with van der Waals surface area (Å²) in [5.74, 6) is -1.56. The molecule has 30 heavy (non-hydrogen) atoms.